The van der Waals surface area contributed by atoms with Gasteiger partial charge in [0.05, 0.1) is 6.26 Å². The maximum absolute atomic E-state index is 10.8. The molecule has 0 radical (unpaired) electrons. The summed E-state index contributed by atoms with van der Waals surface area (Å²) in [6.07, 6.45) is 0.981. The first-order chi connectivity index (χ1) is 8.37. The fourth-order valence-electron chi connectivity index (χ4n) is 1.18. The van der Waals surface area contributed by atoms with Crippen molar-refractivity contribution in [3.05, 3.63) is 24.3 Å². The largest absolute Gasteiger partial charge is 0.491 e. The second-order valence-corrected chi connectivity index (χ2v) is 5.22. The predicted octanol–water partition coefficient (Wildman–Crippen LogP) is 1.000. The molecule has 0 saturated carbocycles. The van der Waals surface area contributed by atoms with E-state index in [2.05, 4.69) is 9.50 Å². The quantitative estimate of drug-likeness (QED) is 0.617. The molecular weight excluding hydrogens is 258 g/mol. The van der Waals surface area contributed by atoms with Crippen molar-refractivity contribution < 1.29 is 22.1 Å². The van der Waals surface area contributed by atoms with Gasteiger partial charge in [-0.05, 0) is 24.3 Å². The third-order valence-electron chi connectivity index (χ3n) is 1.82. The van der Waals surface area contributed by atoms with Crippen molar-refractivity contribution in [3.63, 3.8) is 0 Å². The van der Waals surface area contributed by atoms with Gasteiger partial charge in [-0.15, -0.1) is 0 Å². The number of benzene rings is 1. The Morgan fingerprint density at radius 1 is 1.22 bits per heavy atom. The summed E-state index contributed by atoms with van der Waals surface area (Å²) in [6.45, 7) is 1.52. The predicted molar refractivity (Wildman–Crippen MR) is 67.0 cm³/mol. The minimum atomic E-state index is -3.43. The molecule has 0 aliphatic carbocycles. The van der Waals surface area contributed by atoms with E-state index in [1.54, 1.807) is 24.3 Å². The van der Waals surface area contributed by atoms with Gasteiger partial charge in [-0.1, -0.05) is 0 Å². The van der Waals surface area contributed by atoms with Crippen LogP contribution in [0.5, 0.6) is 5.75 Å². The molecule has 0 spiro atoms. The standard InChI is InChI=1S/C11H15NO5S/c1-9(13)12-10-3-5-11(6-4-10)16-7-8-17-18(2,14)15/h3-6H,7-8H2,1-2H3,(H,12,13). The lowest BCUT2D eigenvalue weighted by molar-refractivity contribution is -0.114. The number of ether oxygens (including phenoxy) is 1. The van der Waals surface area contributed by atoms with Crippen LogP contribution >= 0.6 is 0 Å². The minimum absolute atomic E-state index is 0.0354. The van der Waals surface area contributed by atoms with Gasteiger partial charge in [-0.2, -0.15) is 8.42 Å². The normalized spacial score (nSPS) is 11.0. The van der Waals surface area contributed by atoms with Gasteiger partial charge < -0.3 is 10.1 Å². The van der Waals surface area contributed by atoms with E-state index in [0.29, 0.717) is 11.4 Å². The highest BCUT2D eigenvalue weighted by Gasteiger charge is 2.01. The van der Waals surface area contributed by atoms with Crippen molar-refractivity contribution in [3.8, 4) is 5.75 Å². The molecule has 7 heteroatoms. The Kier molecular flexibility index (Phi) is 5.11. The zero-order valence-corrected chi connectivity index (χ0v) is 11.0. The number of nitrogens with one attached hydrogen (secondary N) is 1. The summed E-state index contributed by atoms with van der Waals surface area (Å²) >= 11 is 0. The van der Waals surface area contributed by atoms with Gasteiger partial charge in [0.15, 0.2) is 0 Å². The molecule has 1 aromatic carbocycles. The van der Waals surface area contributed by atoms with Gasteiger partial charge in [0.2, 0.25) is 5.91 Å². The van der Waals surface area contributed by atoms with Crippen molar-refractivity contribution >= 4 is 21.7 Å². The van der Waals surface area contributed by atoms with Crippen LogP contribution in [0.3, 0.4) is 0 Å². The van der Waals surface area contributed by atoms with Gasteiger partial charge in [0.25, 0.3) is 10.1 Å². The van der Waals surface area contributed by atoms with Crippen molar-refractivity contribution in [2.75, 3.05) is 24.8 Å². The summed E-state index contributed by atoms with van der Waals surface area (Å²) in [5.41, 5.74) is 0.669. The van der Waals surface area contributed by atoms with Gasteiger partial charge in [0, 0.05) is 12.6 Å². The Labute approximate surface area is 106 Å². The molecule has 0 aliphatic rings. The second-order valence-electron chi connectivity index (χ2n) is 3.58. The number of anilines is 1. The average molecular weight is 273 g/mol. The van der Waals surface area contributed by atoms with Crippen molar-refractivity contribution in [1.82, 2.24) is 0 Å². The maximum Gasteiger partial charge on any atom is 0.264 e. The highest BCUT2D eigenvalue weighted by Crippen LogP contribution is 2.15. The molecule has 1 rings (SSSR count). The first kappa shape index (κ1) is 14.5. The van der Waals surface area contributed by atoms with Crippen LogP contribution in [0, 0.1) is 0 Å². The molecular formula is C11H15NO5S. The summed E-state index contributed by atoms with van der Waals surface area (Å²) < 4.78 is 31.1. The summed E-state index contributed by atoms with van der Waals surface area (Å²) in [4.78, 5) is 10.8. The van der Waals surface area contributed by atoms with Crippen LogP contribution in [0.4, 0.5) is 5.69 Å². The van der Waals surface area contributed by atoms with E-state index in [4.69, 9.17) is 4.74 Å². The van der Waals surface area contributed by atoms with Crippen molar-refractivity contribution in [2.24, 2.45) is 0 Å². The van der Waals surface area contributed by atoms with Gasteiger partial charge >= 0.3 is 0 Å². The van der Waals surface area contributed by atoms with E-state index in [1.807, 2.05) is 0 Å². The molecule has 0 fully saturated rings. The monoisotopic (exact) mass is 273 g/mol. The number of hydrogen-bond acceptors (Lipinski definition) is 5. The van der Waals surface area contributed by atoms with Crippen LogP contribution in [0.2, 0.25) is 0 Å². The van der Waals surface area contributed by atoms with Gasteiger partial charge in [-0.25, -0.2) is 0 Å². The smallest absolute Gasteiger partial charge is 0.264 e. The van der Waals surface area contributed by atoms with Crippen LogP contribution in [-0.2, 0) is 19.1 Å². The zero-order valence-electron chi connectivity index (χ0n) is 10.2. The van der Waals surface area contributed by atoms with Crippen LogP contribution in [-0.4, -0.2) is 33.8 Å². The molecule has 0 bridgehead atoms. The lowest BCUT2D eigenvalue weighted by Crippen LogP contribution is -2.11. The Hall–Kier alpha value is -1.60. The number of carbonyl (C=O) groups is 1. The summed E-state index contributed by atoms with van der Waals surface area (Å²) in [6, 6.07) is 6.72. The molecule has 18 heavy (non-hydrogen) atoms. The SMILES string of the molecule is CC(=O)Nc1ccc(OCCOS(C)(=O)=O)cc1. The number of rotatable bonds is 6. The first-order valence-corrected chi connectivity index (χ1v) is 7.03. The van der Waals surface area contributed by atoms with Gasteiger partial charge in [0.1, 0.15) is 19.0 Å². The maximum atomic E-state index is 10.8. The molecule has 0 unspecified atom stereocenters. The molecule has 1 amide bonds. The molecule has 6 nitrogen and oxygen atoms in total. The Bertz CT molecular complexity index is 495. The number of amides is 1. The topological polar surface area (TPSA) is 81.7 Å². The van der Waals surface area contributed by atoms with Crippen molar-refractivity contribution in [2.45, 2.75) is 6.92 Å². The minimum Gasteiger partial charge on any atom is -0.491 e. The Morgan fingerprint density at radius 3 is 2.33 bits per heavy atom. The lowest BCUT2D eigenvalue weighted by Gasteiger charge is -2.07. The van der Waals surface area contributed by atoms with E-state index < -0.39 is 10.1 Å². The molecule has 100 valence electrons. The third kappa shape index (κ3) is 6.21. The molecule has 0 aliphatic heterocycles. The molecule has 0 aromatic heterocycles. The summed E-state index contributed by atoms with van der Waals surface area (Å²) in [7, 11) is -3.43. The van der Waals surface area contributed by atoms with E-state index in [-0.39, 0.29) is 19.1 Å². The number of hydrogen-bond donors (Lipinski definition) is 1. The molecule has 0 saturated heterocycles. The van der Waals surface area contributed by atoms with E-state index in [9.17, 15) is 13.2 Å². The Balaban J connectivity index is 2.37. The zero-order chi connectivity index (χ0) is 13.6. The molecule has 1 N–H and O–H groups in total. The second kappa shape index (κ2) is 6.36. The summed E-state index contributed by atoms with van der Waals surface area (Å²) in [5.74, 6) is 0.423. The summed E-state index contributed by atoms with van der Waals surface area (Å²) in [5, 5.41) is 2.62. The van der Waals surface area contributed by atoms with Crippen LogP contribution in [0.1, 0.15) is 6.92 Å². The van der Waals surface area contributed by atoms with Gasteiger partial charge in [-0.3, -0.25) is 8.98 Å². The molecule has 0 heterocycles. The fraction of sp³-hybridized carbons (Fsp3) is 0.364. The highest BCUT2D eigenvalue weighted by atomic mass is 32.2. The van der Waals surface area contributed by atoms with Crippen LogP contribution in [0.15, 0.2) is 24.3 Å². The highest BCUT2D eigenvalue weighted by molar-refractivity contribution is 7.85. The van der Waals surface area contributed by atoms with E-state index >= 15 is 0 Å². The first-order valence-electron chi connectivity index (χ1n) is 5.22. The third-order valence-corrected chi connectivity index (χ3v) is 2.42. The number of carbonyl (C=O) groups excluding carboxylic acids is 1. The van der Waals surface area contributed by atoms with E-state index in [0.717, 1.165) is 6.26 Å². The Morgan fingerprint density at radius 2 is 1.83 bits per heavy atom. The fourth-order valence-corrected chi connectivity index (χ4v) is 1.55. The van der Waals surface area contributed by atoms with Crippen LogP contribution in [0.25, 0.3) is 0 Å². The van der Waals surface area contributed by atoms with E-state index in [1.165, 1.54) is 6.92 Å². The van der Waals surface area contributed by atoms with Crippen molar-refractivity contribution in [1.29, 1.82) is 0 Å². The molecule has 0 atom stereocenters. The van der Waals surface area contributed by atoms with Crippen LogP contribution < -0.4 is 10.1 Å². The average Bonchev–Trinajstić information content (AvgIpc) is 2.24. The lowest BCUT2D eigenvalue weighted by atomic mass is 10.3. The molecule has 1 aromatic rings.